The number of hydrogen-bond acceptors (Lipinski definition) is 4. The minimum atomic E-state index is -0.0265. The van der Waals surface area contributed by atoms with Gasteiger partial charge in [-0.15, -0.1) is 24.0 Å². The molecule has 3 aliphatic rings. The van der Waals surface area contributed by atoms with Gasteiger partial charge in [0.2, 0.25) is 5.91 Å². The van der Waals surface area contributed by atoms with Crippen molar-refractivity contribution in [1.29, 1.82) is 0 Å². The molecule has 1 aromatic rings. The molecule has 1 amide bonds. The Labute approximate surface area is 203 Å². The summed E-state index contributed by atoms with van der Waals surface area (Å²) in [5, 5.41) is 7.14. The summed E-state index contributed by atoms with van der Waals surface area (Å²) in [5.41, 5.74) is 1.19. The number of para-hydroxylation sites is 1. The lowest BCUT2D eigenvalue weighted by molar-refractivity contribution is -0.130. The van der Waals surface area contributed by atoms with Crippen LogP contribution in [0.15, 0.2) is 29.3 Å². The lowest BCUT2D eigenvalue weighted by Gasteiger charge is -2.40. The molecule has 8 heteroatoms. The average Bonchev–Trinajstić information content (AvgIpc) is 3.20. The van der Waals surface area contributed by atoms with Crippen LogP contribution in [-0.4, -0.2) is 73.6 Å². The Kier molecular flexibility index (Phi) is 8.43. The number of hydrogen-bond donors (Lipinski definition) is 2. The minimum absolute atomic E-state index is 0. The van der Waals surface area contributed by atoms with Gasteiger partial charge in [0.05, 0.1) is 6.04 Å². The van der Waals surface area contributed by atoms with Crippen LogP contribution < -0.4 is 15.4 Å². The third kappa shape index (κ3) is 5.83. The highest BCUT2D eigenvalue weighted by atomic mass is 127. The first-order valence-electron chi connectivity index (χ1n) is 11.3. The Morgan fingerprint density at radius 1 is 1.19 bits per heavy atom. The lowest BCUT2D eigenvalue weighted by Crippen LogP contribution is -2.51. The van der Waals surface area contributed by atoms with Crippen LogP contribution in [0.25, 0.3) is 0 Å². The number of nitrogens with one attached hydrogen (secondary N) is 2. The van der Waals surface area contributed by atoms with Gasteiger partial charge in [0.1, 0.15) is 11.4 Å². The quantitative estimate of drug-likeness (QED) is 0.349. The number of fused-ring (bicyclic) bond motifs is 1. The molecule has 7 nitrogen and oxygen atoms in total. The molecular weight excluding hydrogens is 505 g/mol. The van der Waals surface area contributed by atoms with Gasteiger partial charge in [0, 0.05) is 65.2 Å². The van der Waals surface area contributed by atoms with E-state index in [2.05, 4.69) is 44.8 Å². The lowest BCUT2D eigenvalue weighted by atomic mass is 9.86. The maximum Gasteiger partial charge on any atom is 0.219 e. The van der Waals surface area contributed by atoms with Gasteiger partial charge in [0.15, 0.2) is 5.96 Å². The van der Waals surface area contributed by atoms with Gasteiger partial charge >= 0.3 is 0 Å². The van der Waals surface area contributed by atoms with Crippen molar-refractivity contribution < 1.29 is 9.53 Å². The molecule has 2 N–H and O–H groups in total. The molecule has 172 valence electrons. The number of carbonyl (C=O) groups excluding carboxylic acids is 1. The first-order valence-corrected chi connectivity index (χ1v) is 11.3. The van der Waals surface area contributed by atoms with Gasteiger partial charge in [-0.3, -0.25) is 14.7 Å². The third-order valence-electron chi connectivity index (χ3n) is 6.78. The number of guanidine groups is 1. The molecule has 1 saturated heterocycles. The van der Waals surface area contributed by atoms with E-state index in [1.165, 1.54) is 18.4 Å². The van der Waals surface area contributed by atoms with Crippen LogP contribution in [0.1, 0.15) is 50.6 Å². The summed E-state index contributed by atoms with van der Waals surface area (Å²) in [5.74, 6) is 2.03. The zero-order valence-electron chi connectivity index (χ0n) is 18.7. The highest BCUT2D eigenvalue weighted by Gasteiger charge is 2.43. The maximum atomic E-state index is 11.5. The van der Waals surface area contributed by atoms with E-state index in [1.54, 1.807) is 6.92 Å². The Bertz CT molecular complexity index is 773. The summed E-state index contributed by atoms with van der Waals surface area (Å²) in [4.78, 5) is 20.3. The van der Waals surface area contributed by atoms with Crippen molar-refractivity contribution in [2.45, 2.75) is 50.7 Å². The molecule has 0 aromatic heterocycles. The van der Waals surface area contributed by atoms with Crippen molar-refractivity contribution in [3.63, 3.8) is 0 Å². The van der Waals surface area contributed by atoms with E-state index < -0.39 is 0 Å². The Hall–Kier alpha value is -1.55. The Balaban J connectivity index is 0.00000272. The molecule has 1 aromatic carbocycles. The van der Waals surface area contributed by atoms with Crippen LogP contribution in [0.4, 0.5) is 0 Å². The fourth-order valence-electron chi connectivity index (χ4n) is 5.05. The van der Waals surface area contributed by atoms with E-state index in [9.17, 15) is 4.79 Å². The molecule has 1 spiro atoms. The normalized spacial score (nSPS) is 23.0. The molecule has 2 heterocycles. The topological polar surface area (TPSA) is 69.2 Å². The zero-order valence-corrected chi connectivity index (χ0v) is 21.1. The van der Waals surface area contributed by atoms with E-state index in [0.717, 1.165) is 70.2 Å². The SMILES string of the molecule is CN=C(NCCN1CCN(C(C)=O)CC1)NC1CC2(CCCC2)Oc2ccccc21.I. The number of amides is 1. The molecule has 1 saturated carbocycles. The van der Waals surface area contributed by atoms with E-state index >= 15 is 0 Å². The maximum absolute atomic E-state index is 11.5. The summed E-state index contributed by atoms with van der Waals surface area (Å²) >= 11 is 0. The van der Waals surface area contributed by atoms with Crippen LogP contribution in [0.5, 0.6) is 5.75 Å². The fourth-order valence-corrected chi connectivity index (χ4v) is 5.05. The number of aliphatic imine (C=N–C) groups is 1. The summed E-state index contributed by atoms with van der Waals surface area (Å²) < 4.78 is 6.48. The average molecular weight is 541 g/mol. The van der Waals surface area contributed by atoms with Gasteiger partial charge in [-0.25, -0.2) is 0 Å². The van der Waals surface area contributed by atoms with Crippen LogP contribution in [0.2, 0.25) is 0 Å². The molecule has 1 aliphatic carbocycles. The van der Waals surface area contributed by atoms with E-state index in [1.807, 2.05) is 11.9 Å². The minimum Gasteiger partial charge on any atom is -0.487 e. The van der Waals surface area contributed by atoms with Crippen LogP contribution in [-0.2, 0) is 4.79 Å². The van der Waals surface area contributed by atoms with Crippen molar-refractivity contribution in [3.05, 3.63) is 29.8 Å². The first kappa shape index (κ1) is 24.1. The number of rotatable bonds is 4. The van der Waals surface area contributed by atoms with Gasteiger partial charge in [-0.1, -0.05) is 18.2 Å². The van der Waals surface area contributed by atoms with E-state index in [0.29, 0.717) is 0 Å². The second-order valence-corrected chi connectivity index (χ2v) is 8.78. The van der Waals surface area contributed by atoms with Crippen LogP contribution >= 0.6 is 24.0 Å². The third-order valence-corrected chi connectivity index (χ3v) is 6.78. The molecule has 31 heavy (non-hydrogen) atoms. The highest BCUT2D eigenvalue weighted by molar-refractivity contribution is 14.0. The molecule has 2 aliphatic heterocycles. The predicted molar refractivity (Wildman–Crippen MR) is 134 cm³/mol. The second kappa shape index (κ2) is 10.8. The van der Waals surface area contributed by atoms with Gasteiger partial charge in [-0.05, 0) is 31.7 Å². The van der Waals surface area contributed by atoms with Crippen LogP contribution in [0, 0.1) is 0 Å². The highest BCUT2D eigenvalue weighted by Crippen LogP contribution is 2.46. The Morgan fingerprint density at radius 2 is 1.90 bits per heavy atom. The molecular formula is C23H36IN5O2. The molecule has 2 fully saturated rings. The van der Waals surface area contributed by atoms with Crippen molar-refractivity contribution in [2.75, 3.05) is 46.3 Å². The van der Waals surface area contributed by atoms with Crippen molar-refractivity contribution in [1.82, 2.24) is 20.4 Å². The van der Waals surface area contributed by atoms with Crippen LogP contribution in [0.3, 0.4) is 0 Å². The molecule has 1 atom stereocenters. The molecule has 1 unspecified atom stereocenters. The van der Waals surface area contributed by atoms with E-state index in [4.69, 9.17) is 4.74 Å². The second-order valence-electron chi connectivity index (χ2n) is 8.78. The van der Waals surface area contributed by atoms with Gasteiger partial charge in [0.25, 0.3) is 0 Å². The Morgan fingerprint density at radius 3 is 2.58 bits per heavy atom. The number of piperazine rings is 1. The number of halogens is 1. The van der Waals surface area contributed by atoms with Crippen molar-refractivity contribution in [2.24, 2.45) is 4.99 Å². The largest absolute Gasteiger partial charge is 0.487 e. The summed E-state index contributed by atoms with van der Waals surface area (Å²) in [7, 11) is 1.83. The fraction of sp³-hybridized carbons (Fsp3) is 0.652. The number of ether oxygens (including phenoxy) is 1. The summed E-state index contributed by atoms with van der Waals surface area (Å²) in [6.07, 6.45) is 5.75. The molecule has 4 rings (SSSR count). The summed E-state index contributed by atoms with van der Waals surface area (Å²) in [6.45, 7) is 6.94. The van der Waals surface area contributed by atoms with Gasteiger partial charge in [-0.2, -0.15) is 0 Å². The number of carbonyl (C=O) groups is 1. The predicted octanol–water partition coefficient (Wildman–Crippen LogP) is 2.77. The van der Waals surface area contributed by atoms with Gasteiger partial charge < -0.3 is 20.3 Å². The first-order chi connectivity index (χ1) is 14.6. The molecule has 0 radical (unpaired) electrons. The monoisotopic (exact) mass is 541 g/mol. The number of nitrogens with zero attached hydrogens (tertiary/aromatic N) is 3. The van der Waals surface area contributed by atoms with Crippen molar-refractivity contribution >= 4 is 35.8 Å². The molecule has 0 bridgehead atoms. The summed E-state index contributed by atoms with van der Waals surface area (Å²) in [6, 6.07) is 8.61. The zero-order chi connectivity index (χ0) is 21.0. The smallest absolute Gasteiger partial charge is 0.219 e. The van der Waals surface area contributed by atoms with E-state index in [-0.39, 0.29) is 41.5 Å². The number of benzene rings is 1. The standard InChI is InChI=1S/C23H35N5O2.HI/c1-18(29)28-15-13-27(14-16-28)12-11-25-22(24-2)26-20-17-23(9-5-6-10-23)30-21-8-4-3-7-19(20)21;/h3-4,7-8,20H,5-6,9-17H2,1-2H3,(H2,24,25,26);1H. The van der Waals surface area contributed by atoms with Crippen molar-refractivity contribution in [3.8, 4) is 5.75 Å².